The lowest BCUT2D eigenvalue weighted by Crippen LogP contribution is -2.68. The van der Waals surface area contributed by atoms with E-state index in [0.717, 1.165) is 20.8 Å². The molecule has 14 N–H and O–H groups in total. The van der Waals surface area contributed by atoms with Gasteiger partial charge in [-0.1, -0.05) is 0 Å². The number of ether oxygens (including phenoxy) is 7. The third kappa shape index (κ3) is 10.2. The summed E-state index contributed by atoms with van der Waals surface area (Å²) in [5, 5.41) is 122. The van der Waals surface area contributed by atoms with Crippen LogP contribution in [-0.2, 0) is 47.5 Å². The lowest BCUT2D eigenvalue weighted by atomic mass is 9.95. The van der Waals surface area contributed by atoms with Crippen LogP contribution in [0.4, 0.5) is 0 Å². The number of amides is 3. The fourth-order valence-corrected chi connectivity index (χ4v) is 6.55. The molecule has 4 rings (SSSR count). The Hall–Kier alpha value is -2.31. The summed E-state index contributed by atoms with van der Waals surface area (Å²) in [7, 11) is 0. The average molecular weight is 790 g/mol. The number of hydrogen-bond donors (Lipinski definition) is 14. The van der Waals surface area contributed by atoms with E-state index in [-0.39, 0.29) is 0 Å². The molecule has 20 atom stereocenters. The lowest BCUT2D eigenvalue weighted by Gasteiger charge is -2.47. The molecule has 24 nitrogen and oxygen atoms in total. The summed E-state index contributed by atoms with van der Waals surface area (Å²) in [5.74, 6) is -2.02. The van der Waals surface area contributed by atoms with E-state index in [2.05, 4.69) is 16.0 Å². The maximum absolute atomic E-state index is 12.1. The van der Waals surface area contributed by atoms with Crippen molar-refractivity contribution in [2.75, 3.05) is 26.4 Å². The van der Waals surface area contributed by atoms with Gasteiger partial charge in [0.25, 0.3) is 0 Å². The van der Waals surface area contributed by atoms with Gasteiger partial charge >= 0.3 is 0 Å². The van der Waals surface area contributed by atoms with Crippen LogP contribution in [0.5, 0.6) is 0 Å². The van der Waals surface area contributed by atoms with Gasteiger partial charge in [-0.2, -0.15) is 0 Å². The van der Waals surface area contributed by atoms with Crippen LogP contribution in [0.2, 0.25) is 0 Å². The van der Waals surface area contributed by atoms with Gasteiger partial charge in [0.2, 0.25) is 17.7 Å². The first kappa shape index (κ1) is 44.4. The van der Waals surface area contributed by atoms with E-state index >= 15 is 0 Å². The van der Waals surface area contributed by atoms with Crippen molar-refractivity contribution < 1.29 is 104 Å². The van der Waals surface area contributed by atoms with Gasteiger partial charge in [-0.15, -0.1) is 0 Å². The van der Waals surface area contributed by atoms with Crippen LogP contribution in [0.3, 0.4) is 0 Å². The van der Waals surface area contributed by atoms with Crippen LogP contribution in [0.15, 0.2) is 0 Å². The van der Waals surface area contributed by atoms with Crippen molar-refractivity contribution in [3.05, 3.63) is 0 Å². The van der Waals surface area contributed by atoms with Crippen LogP contribution in [0.25, 0.3) is 0 Å². The molecule has 0 bridgehead atoms. The molecular formula is C30H51N3O21. The average Bonchev–Trinajstić information content (AvgIpc) is 3.11. The van der Waals surface area contributed by atoms with Crippen LogP contribution in [-0.4, -0.2) is 223 Å². The van der Waals surface area contributed by atoms with E-state index in [1.54, 1.807) is 0 Å². The first-order valence-corrected chi connectivity index (χ1v) is 17.1. The minimum atomic E-state index is -2.03. The van der Waals surface area contributed by atoms with Gasteiger partial charge in [0, 0.05) is 20.8 Å². The Morgan fingerprint density at radius 1 is 0.481 bits per heavy atom. The number of nitrogens with one attached hydrogen (secondary N) is 3. The quantitative estimate of drug-likeness (QED) is 0.0823. The van der Waals surface area contributed by atoms with Crippen molar-refractivity contribution in [2.24, 2.45) is 0 Å². The first-order valence-electron chi connectivity index (χ1n) is 17.1. The zero-order valence-corrected chi connectivity index (χ0v) is 29.4. The second kappa shape index (κ2) is 19.2. The molecule has 0 unspecified atom stereocenters. The summed E-state index contributed by atoms with van der Waals surface area (Å²) in [6, 6.07) is -4.32. The predicted molar refractivity (Wildman–Crippen MR) is 169 cm³/mol. The smallest absolute Gasteiger partial charge is 0.217 e. The fourth-order valence-electron chi connectivity index (χ4n) is 6.55. The van der Waals surface area contributed by atoms with Crippen LogP contribution in [0, 0.1) is 0 Å². The highest BCUT2D eigenvalue weighted by molar-refractivity contribution is 5.74. The first-order chi connectivity index (χ1) is 25.4. The van der Waals surface area contributed by atoms with Gasteiger partial charge < -0.3 is 105 Å². The van der Waals surface area contributed by atoms with Gasteiger partial charge in [-0.25, -0.2) is 0 Å². The number of hydrogen-bond acceptors (Lipinski definition) is 21. The Morgan fingerprint density at radius 3 is 1.30 bits per heavy atom. The molecular weight excluding hydrogens is 738 g/mol. The SMILES string of the molecule is CC(=O)N[C@@H]1[C@@H](O[C@@H]2O[C@H](CO[C@@H]3O[C@H](CO)[C@@H](O)[C@H](O)[C@H]3NC(C)=O)[C@H](O)[C@H](O)[C@H]2O)[C@@H](O)[C@@H](CO[C@@H]2O[C@H](CO)[C@@H](O)[C@H](O)[C@H]2NC(C)=O)O[C@@H]1O. The molecule has 4 saturated heterocycles. The molecule has 0 aromatic rings. The van der Waals surface area contributed by atoms with Gasteiger partial charge in [-0.3, -0.25) is 14.4 Å². The highest BCUT2D eigenvalue weighted by Gasteiger charge is 2.53. The third-order valence-corrected chi connectivity index (χ3v) is 9.37. The van der Waals surface area contributed by atoms with Crippen molar-refractivity contribution >= 4 is 17.7 Å². The lowest BCUT2D eigenvalue weighted by molar-refractivity contribution is -0.351. The van der Waals surface area contributed by atoms with Crippen molar-refractivity contribution in [3.8, 4) is 0 Å². The van der Waals surface area contributed by atoms with E-state index in [1.165, 1.54) is 0 Å². The summed E-state index contributed by atoms with van der Waals surface area (Å²) in [6.07, 6.45) is -28.8. The Labute approximate surface area is 307 Å². The van der Waals surface area contributed by atoms with E-state index < -0.39 is 167 Å². The van der Waals surface area contributed by atoms with Gasteiger partial charge in [0.05, 0.1) is 26.4 Å². The Kier molecular flexibility index (Phi) is 15.8. The van der Waals surface area contributed by atoms with E-state index in [9.17, 15) is 70.6 Å². The molecule has 312 valence electrons. The molecule has 0 aliphatic carbocycles. The van der Waals surface area contributed by atoms with E-state index in [1.807, 2.05) is 0 Å². The number of aliphatic hydroxyl groups excluding tert-OH is 11. The zero-order chi connectivity index (χ0) is 40.2. The van der Waals surface area contributed by atoms with E-state index in [4.69, 9.17) is 33.2 Å². The van der Waals surface area contributed by atoms with Crippen molar-refractivity contribution in [3.63, 3.8) is 0 Å². The molecule has 4 heterocycles. The number of carbonyl (C=O) groups is 3. The summed E-state index contributed by atoms with van der Waals surface area (Å²) in [5.41, 5.74) is 0. The van der Waals surface area contributed by atoms with Gasteiger partial charge in [0.1, 0.15) is 97.5 Å². The molecule has 0 spiro atoms. The molecule has 4 aliphatic rings. The van der Waals surface area contributed by atoms with E-state index in [0.29, 0.717) is 0 Å². The number of carbonyl (C=O) groups excluding carboxylic acids is 3. The molecule has 54 heavy (non-hydrogen) atoms. The second-order valence-electron chi connectivity index (χ2n) is 13.4. The molecule has 0 saturated carbocycles. The van der Waals surface area contributed by atoms with Crippen molar-refractivity contribution in [1.82, 2.24) is 16.0 Å². The Bertz CT molecular complexity index is 1250. The van der Waals surface area contributed by atoms with Crippen LogP contribution in [0.1, 0.15) is 20.8 Å². The normalized spacial score (nSPS) is 45.7. The number of aliphatic hydroxyl groups is 11. The maximum Gasteiger partial charge on any atom is 0.217 e. The fraction of sp³-hybridized carbons (Fsp3) is 0.900. The second-order valence-corrected chi connectivity index (χ2v) is 13.4. The summed E-state index contributed by atoms with van der Waals surface area (Å²) >= 11 is 0. The molecule has 4 aliphatic heterocycles. The van der Waals surface area contributed by atoms with Gasteiger partial charge in [0.15, 0.2) is 25.2 Å². The zero-order valence-electron chi connectivity index (χ0n) is 29.4. The largest absolute Gasteiger partial charge is 0.394 e. The molecule has 4 fully saturated rings. The Morgan fingerprint density at radius 2 is 0.870 bits per heavy atom. The molecule has 0 aromatic heterocycles. The molecule has 0 radical (unpaired) electrons. The van der Waals surface area contributed by atoms with Gasteiger partial charge in [-0.05, 0) is 0 Å². The summed E-state index contributed by atoms with van der Waals surface area (Å²) in [4.78, 5) is 35.7. The van der Waals surface area contributed by atoms with Crippen molar-refractivity contribution in [1.29, 1.82) is 0 Å². The topological polar surface area (TPSA) is 374 Å². The monoisotopic (exact) mass is 789 g/mol. The Balaban J connectivity index is 1.51. The third-order valence-electron chi connectivity index (χ3n) is 9.37. The maximum atomic E-state index is 12.1. The van der Waals surface area contributed by atoms with Crippen molar-refractivity contribution in [2.45, 2.75) is 143 Å². The standard InChI is InChI=1S/C30H51N3O21/c1-8(36)31-15-22(43)18(39)11(4-34)51-28(15)48-6-13-20(41)24(45)25(46)30(53-13)54-26-17(33-10(3)38)27(47)50-14(21(26)42)7-49-29-16(32-9(2)37)23(44)19(40)12(5-35)52-29/h11-30,34-35,39-47H,4-7H2,1-3H3,(H,31,36)(H,32,37)(H,33,38)/t11-,12-,13-,14-,15-,16-,17-,18-,19-,20+,21+,22-,23-,24+,25-,26-,27+,28-,29-,30+/m1/s1. The predicted octanol–water partition coefficient (Wildman–Crippen LogP) is -9.32. The van der Waals surface area contributed by atoms with Crippen LogP contribution >= 0.6 is 0 Å². The molecule has 0 aromatic carbocycles. The summed E-state index contributed by atoms with van der Waals surface area (Å²) in [6.45, 7) is 0.424. The summed E-state index contributed by atoms with van der Waals surface area (Å²) < 4.78 is 39.3. The minimum Gasteiger partial charge on any atom is -0.394 e. The highest BCUT2D eigenvalue weighted by Crippen LogP contribution is 2.31. The highest BCUT2D eigenvalue weighted by atomic mass is 16.7. The molecule has 3 amide bonds. The number of rotatable bonds is 13. The molecule has 24 heteroatoms. The van der Waals surface area contributed by atoms with Crippen LogP contribution < -0.4 is 16.0 Å². The minimum absolute atomic E-state index is 0.645.